The van der Waals surface area contributed by atoms with Crippen molar-refractivity contribution in [3.8, 4) is 0 Å². The fourth-order valence-corrected chi connectivity index (χ4v) is 11.6. The first kappa shape index (κ1) is 36.3. The third-order valence-corrected chi connectivity index (χ3v) is 13.8. The van der Waals surface area contributed by atoms with Crippen molar-refractivity contribution in [1.82, 2.24) is 0 Å². The zero-order chi connectivity index (χ0) is 35.9. The van der Waals surface area contributed by atoms with Crippen LogP contribution in [-0.2, 0) is 42.9 Å². The summed E-state index contributed by atoms with van der Waals surface area (Å²) >= 11 is 0. The molecule has 2 saturated heterocycles. The van der Waals surface area contributed by atoms with Crippen LogP contribution in [-0.4, -0.2) is 60.0 Å². The monoisotopic (exact) mass is 682 g/mol. The highest BCUT2D eigenvalue weighted by Gasteiger charge is 2.72. The van der Waals surface area contributed by atoms with Crippen LogP contribution in [0.25, 0.3) is 0 Å². The summed E-state index contributed by atoms with van der Waals surface area (Å²) in [5.41, 5.74) is -1.49. The molecule has 4 aliphatic carbocycles. The van der Waals surface area contributed by atoms with Crippen LogP contribution in [0.4, 0.5) is 0 Å². The van der Waals surface area contributed by atoms with Gasteiger partial charge in [-0.15, -0.1) is 0 Å². The van der Waals surface area contributed by atoms with Gasteiger partial charge in [0.2, 0.25) is 6.29 Å². The zero-order valence-electron chi connectivity index (χ0n) is 31.3. The minimum atomic E-state index is -0.719. The second-order valence-electron chi connectivity index (χ2n) is 17.7. The quantitative estimate of drug-likeness (QED) is 0.0829. The number of hydrogen-bond donors (Lipinski definition) is 0. The van der Waals surface area contributed by atoms with E-state index in [9.17, 15) is 19.2 Å². The van der Waals surface area contributed by atoms with Gasteiger partial charge < -0.3 is 23.7 Å². The normalized spacial score (nSPS) is 44.2. The van der Waals surface area contributed by atoms with Crippen LogP contribution in [0.2, 0.25) is 0 Å². The van der Waals surface area contributed by atoms with Crippen molar-refractivity contribution >= 4 is 23.7 Å². The topological polar surface area (TPSA) is 118 Å². The minimum Gasteiger partial charge on any atom is -0.462 e. The number of fused-ring (bicyclic) bond motifs is 5. The van der Waals surface area contributed by atoms with Gasteiger partial charge >= 0.3 is 17.9 Å². The lowest BCUT2D eigenvalue weighted by molar-refractivity contribution is -0.221. The Labute approximate surface area is 292 Å². The molecule has 2 aliphatic heterocycles. The number of carbonyl (C=O) groups is 4. The van der Waals surface area contributed by atoms with E-state index in [1.165, 1.54) is 19.4 Å². The fourth-order valence-electron chi connectivity index (χ4n) is 11.6. The number of carbonyl (C=O) groups excluding carboxylic acids is 4. The number of rotatable bonds is 9. The van der Waals surface area contributed by atoms with Crippen molar-refractivity contribution in [2.45, 2.75) is 157 Å². The molecule has 0 bridgehead atoms. The van der Waals surface area contributed by atoms with Crippen LogP contribution in [0.15, 0.2) is 23.8 Å². The van der Waals surface area contributed by atoms with E-state index in [1.807, 2.05) is 27.7 Å². The average Bonchev–Trinajstić information content (AvgIpc) is 3.26. The summed E-state index contributed by atoms with van der Waals surface area (Å²) in [4.78, 5) is 52.3. The van der Waals surface area contributed by atoms with Gasteiger partial charge in [-0.3, -0.25) is 19.2 Å². The lowest BCUT2D eigenvalue weighted by Gasteiger charge is -2.67. The van der Waals surface area contributed by atoms with E-state index in [0.717, 1.165) is 25.7 Å². The van der Waals surface area contributed by atoms with Crippen molar-refractivity contribution < 1.29 is 42.9 Å². The Morgan fingerprint density at radius 2 is 1.61 bits per heavy atom. The van der Waals surface area contributed by atoms with Crippen LogP contribution in [0.5, 0.6) is 0 Å². The number of ketones is 1. The molecular formula is C40H58O9. The molecule has 0 aromatic carbocycles. The predicted molar refractivity (Wildman–Crippen MR) is 182 cm³/mol. The molecule has 0 aromatic rings. The standard InChI is InChI=1S/C40H58O9/c1-11-12-13-14-32(44)47-27-21-39(9)25(24-19-26(34-37(6,7)49-34)48-35(24)46-23(3)42)15-16-28(39)40(10)31(45-22(2)41)20-29-36(4,5)30(43)17-18-38(29,8)33(27)40/h16-18,24-27,29,31,33-35H,11-15,19-21H2,1-10H3/t24-,25-,26-,27+,29-,31+,33+,34-,35-,38-,39-,40+/m0/s1. The summed E-state index contributed by atoms with van der Waals surface area (Å²) in [6.07, 6.45) is 9.63. The molecule has 4 fully saturated rings. The first-order chi connectivity index (χ1) is 22.8. The van der Waals surface area contributed by atoms with E-state index in [1.54, 1.807) is 6.08 Å². The molecule has 0 amide bonds. The van der Waals surface area contributed by atoms with E-state index in [-0.39, 0.29) is 65.2 Å². The van der Waals surface area contributed by atoms with Crippen LogP contribution in [0, 0.1) is 45.3 Å². The molecule has 9 nitrogen and oxygen atoms in total. The molecule has 0 unspecified atom stereocenters. The lowest BCUT2D eigenvalue weighted by atomic mass is 9.37. The van der Waals surface area contributed by atoms with Crippen LogP contribution < -0.4 is 0 Å². The van der Waals surface area contributed by atoms with Gasteiger partial charge in [-0.05, 0) is 74.7 Å². The van der Waals surface area contributed by atoms with E-state index >= 15 is 0 Å². The van der Waals surface area contributed by atoms with Crippen molar-refractivity contribution in [3.05, 3.63) is 23.8 Å². The number of esters is 3. The molecule has 9 heteroatoms. The molecule has 0 N–H and O–H groups in total. The number of hydrogen-bond acceptors (Lipinski definition) is 9. The molecule has 12 atom stereocenters. The molecule has 2 heterocycles. The molecule has 272 valence electrons. The zero-order valence-corrected chi connectivity index (χ0v) is 31.3. The van der Waals surface area contributed by atoms with Crippen molar-refractivity contribution in [2.24, 2.45) is 45.3 Å². The summed E-state index contributed by atoms with van der Waals surface area (Å²) in [7, 11) is 0. The van der Waals surface area contributed by atoms with Gasteiger partial charge in [-0.25, -0.2) is 0 Å². The van der Waals surface area contributed by atoms with Crippen molar-refractivity contribution in [2.75, 3.05) is 0 Å². The van der Waals surface area contributed by atoms with E-state index in [0.29, 0.717) is 25.7 Å². The molecule has 6 rings (SSSR count). The first-order valence-corrected chi connectivity index (χ1v) is 18.6. The number of epoxide rings is 1. The number of ether oxygens (including phenoxy) is 5. The largest absolute Gasteiger partial charge is 0.462 e. The highest BCUT2D eigenvalue weighted by Crippen LogP contribution is 2.73. The first-order valence-electron chi connectivity index (χ1n) is 18.6. The van der Waals surface area contributed by atoms with Crippen LogP contribution in [0.1, 0.15) is 121 Å². The highest BCUT2D eigenvalue weighted by atomic mass is 16.7. The smallest absolute Gasteiger partial charge is 0.306 e. The molecule has 49 heavy (non-hydrogen) atoms. The number of allylic oxidation sites excluding steroid dienone is 3. The van der Waals surface area contributed by atoms with Gasteiger partial charge in [0, 0.05) is 42.9 Å². The fraction of sp³-hybridized carbons (Fsp3) is 0.800. The van der Waals surface area contributed by atoms with Crippen molar-refractivity contribution in [1.29, 1.82) is 0 Å². The van der Waals surface area contributed by atoms with E-state index < -0.39 is 40.2 Å². The Balaban J connectivity index is 1.45. The lowest BCUT2D eigenvalue weighted by Crippen LogP contribution is -2.68. The summed E-state index contributed by atoms with van der Waals surface area (Å²) in [5, 5.41) is 0. The van der Waals surface area contributed by atoms with Gasteiger partial charge in [0.05, 0.1) is 11.7 Å². The molecule has 0 spiro atoms. The minimum absolute atomic E-state index is 0.0150. The SMILES string of the molecule is CCCCCC(=O)O[C@@H]1C[C@]2(C)C(=CC[C@H]2[C@@H]2C[C@@H]([C@@H]3OC3(C)C)O[C@@H]2OC(C)=O)[C@@]2(C)[C@H]1[C@@]1(C)C=CC(=O)C(C)(C)[C@@H]1C[C@H]2OC(C)=O. The Morgan fingerprint density at radius 3 is 2.22 bits per heavy atom. The Hall–Kier alpha value is -2.52. The highest BCUT2D eigenvalue weighted by molar-refractivity contribution is 5.95. The Kier molecular flexibility index (Phi) is 9.12. The maximum absolute atomic E-state index is 13.7. The van der Waals surface area contributed by atoms with Gasteiger partial charge in [-0.1, -0.05) is 72.1 Å². The van der Waals surface area contributed by atoms with Gasteiger partial charge in [0.1, 0.15) is 18.3 Å². The summed E-state index contributed by atoms with van der Waals surface area (Å²) in [6, 6.07) is 0. The number of unbranched alkanes of at least 4 members (excludes halogenated alkanes) is 2. The van der Waals surface area contributed by atoms with E-state index in [2.05, 4.69) is 39.8 Å². The van der Waals surface area contributed by atoms with E-state index in [4.69, 9.17) is 23.7 Å². The van der Waals surface area contributed by atoms with Crippen LogP contribution >= 0.6 is 0 Å². The predicted octanol–water partition coefficient (Wildman–Crippen LogP) is 7.05. The molecule has 6 aliphatic rings. The van der Waals surface area contributed by atoms with Gasteiger partial charge in [-0.2, -0.15) is 0 Å². The third-order valence-electron chi connectivity index (χ3n) is 13.8. The van der Waals surface area contributed by atoms with Gasteiger partial charge in [0.15, 0.2) is 5.78 Å². The van der Waals surface area contributed by atoms with Gasteiger partial charge in [0.25, 0.3) is 0 Å². The Bertz CT molecular complexity index is 1440. The maximum atomic E-state index is 13.7. The summed E-state index contributed by atoms with van der Waals surface area (Å²) in [6.45, 7) is 19.7. The average molecular weight is 683 g/mol. The molecule has 0 radical (unpaired) electrons. The maximum Gasteiger partial charge on any atom is 0.306 e. The molecule has 2 saturated carbocycles. The molecular weight excluding hydrogens is 624 g/mol. The third kappa shape index (κ3) is 5.83. The second-order valence-corrected chi connectivity index (χ2v) is 17.7. The Morgan fingerprint density at radius 1 is 0.939 bits per heavy atom. The summed E-state index contributed by atoms with van der Waals surface area (Å²) < 4.78 is 31.3. The van der Waals surface area contributed by atoms with Crippen LogP contribution in [0.3, 0.4) is 0 Å². The second kappa shape index (κ2) is 12.3. The molecule has 0 aromatic heterocycles. The summed E-state index contributed by atoms with van der Waals surface area (Å²) in [5.74, 6) is -1.40. The van der Waals surface area contributed by atoms with Crippen molar-refractivity contribution in [3.63, 3.8) is 0 Å².